The number of benzene rings is 1. The van der Waals surface area contributed by atoms with E-state index in [9.17, 15) is 13.2 Å². The highest BCUT2D eigenvalue weighted by molar-refractivity contribution is 7.99. The van der Waals surface area contributed by atoms with Crippen LogP contribution in [0.4, 0.5) is 0 Å². The number of rotatable bonds is 8. The number of nitrogens with zero attached hydrogens (tertiary/aromatic N) is 3. The Morgan fingerprint density at radius 3 is 2.63 bits per heavy atom. The van der Waals surface area contributed by atoms with E-state index >= 15 is 0 Å². The number of aromatic nitrogens is 3. The maximum absolute atomic E-state index is 13.0. The van der Waals surface area contributed by atoms with Gasteiger partial charge in [-0.05, 0) is 57.4 Å². The zero-order valence-corrected chi connectivity index (χ0v) is 19.0. The van der Waals surface area contributed by atoms with Crippen LogP contribution >= 0.6 is 11.8 Å². The quantitative estimate of drug-likeness (QED) is 0.419. The Hall–Kier alpha value is -2.10. The summed E-state index contributed by atoms with van der Waals surface area (Å²) in [5.74, 6) is 0.365. The number of carbonyl (C=O) groups excluding carboxylic acids is 1. The van der Waals surface area contributed by atoms with E-state index in [0.29, 0.717) is 16.7 Å². The van der Waals surface area contributed by atoms with Gasteiger partial charge in [-0.3, -0.25) is 4.79 Å². The SMILES string of the molecule is CCCn1c(SCC(=O)c2cc(C)n(C3CC3)c2C)nc2cc(S(N)(=O)=O)ccc21. The van der Waals surface area contributed by atoms with Gasteiger partial charge in [-0.15, -0.1) is 0 Å². The molecular weight excluding hydrogens is 420 g/mol. The van der Waals surface area contributed by atoms with E-state index in [-0.39, 0.29) is 16.4 Å². The Morgan fingerprint density at radius 2 is 2.00 bits per heavy atom. The Labute approximate surface area is 180 Å². The average molecular weight is 447 g/mol. The van der Waals surface area contributed by atoms with Gasteiger partial charge in [0, 0.05) is 29.5 Å². The third-order valence-electron chi connectivity index (χ3n) is 5.49. The van der Waals surface area contributed by atoms with Crippen molar-refractivity contribution in [2.24, 2.45) is 5.14 Å². The Kier molecular flexibility index (Phi) is 5.54. The van der Waals surface area contributed by atoms with Gasteiger partial charge in [-0.1, -0.05) is 18.7 Å². The van der Waals surface area contributed by atoms with Gasteiger partial charge in [-0.25, -0.2) is 18.5 Å². The fraction of sp³-hybridized carbons (Fsp3) is 0.429. The van der Waals surface area contributed by atoms with Crippen LogP contribution in [0.2, 0.25) is 0 Å². The van der Waals surface area contributed by atoms with Crippen LogP contribution in [0.5, 0.6) is 0 Å². The predicted molar refractivity (Wildman–Crippen MR) is 119 cm³/mol. The molecule has 160 valence electrons. The maximum atomic E-state index is 13.0. The first-order valence-corrected chi connectivity index (χ1v) is 12.6. The van der Waals surface area contributed by atoms with Crippen molar-refractivity contribution in [1.29, 1.82) is 0 Å². The zero-order chi connectivity index (χ0) is 21.6. The van der Waals surface area contributed by atoms with Crippen molar-refractivity contribution >= 4 is 38.6 Å². The van der Waals surface area contributed by atoms with E-state index < -0.39 is 10.0 Å². The second-order valence-electron chi connectivity index (χ2n) is 7.84. The molecule has 0 aliphatic heterocycles. The molecular formula is C21H26N4O3S2. The lowest BCUT2D eigenvalue weighted by Crippen LogP contribution is -2.11. The van der Waals surface area contributed by atoms with Crippen LogP contribution in [0.1, 0.15) is 54.0 Å². The molecule has 9 heteroatoms. The summed E-state index contributed by atoms with van der Waals surface area (Å²) in [6.45, 7) is 6.87. The molecule has 1 aromatic carbocycles. The van der Waals surface area contributed by atoms with E-state index in [1.807, 2.05) is 17.6 Å². The lowest BCUT2D eigenvalue weighted by atomic mass is 10.2. The standard InChI is InChI=1S/C21H26N4O3S2/c1-4-9-24-19-8-7-16(30(22,27)28)11-18(19)23-21(24)29-12-20(26)17-10-13(2)25(14(17)3)15-5-6-15/h7-8,10-11,15H,4-6,9,12H2,1-3H3,(H2,22,27,28). The van der Waals surface area contributed by atoms with Crippen molar-refractivity contribution in [3.8, 4) is 0 Å². The monoisotopic (exact) mass is 446 g/mol. The fourth-order valence-corrected chi connectivity index (χ4v) is 5.43. The number of ketones is 1. The Morgan fingerprint density at radius 1 is 1.27 bits per heavy atom. The van der Waals surface area contributed by atoms with Gasteiger partial charge in [0.15, 0.2) is 10.9 Å². The van der Waals surface area contributed by atoms with Gasteiger partial charge in [0.25, 0.3) is 0 Å². The molecule has 7 nitrogen and oxygen atoms in total. The van der Waals surface area contributed by atoms with Gasteiger partial charge in [0.05, 0.1) is 21.7 Å². The number of Topliss-reactive ketones (excluding diaryl/α,β-unsaturated/α-hetero) is 1. The minimum atomic E-state index is -3.79. The Balaban J connectivity index is 1.61. The molecule has 2 heterocycles. The number of sulfonamides is 1. The smallest absolute Gasteiger partial charge is 0.238 e. The molecule has 4 rings (SSSR count). The van der Waals surface area contributed by atoms with Crippen molar-refractivity contribution in [3.63, 3.8) is 0 Å². The molecule has 0 radical (unpaired) electrons. The molecule has 0 saturated heterocycles. The van der Waals surface area contributed by atoms with Crippen LogP contribution in [0, 0.1) is 13.8 Å². The van der Waals surface area contributed by atoms with Crippen molar-refractivity contribution in [2.75, 3.05) is 5.75 Å². The molecule has 1 saturated carbocycles. The van der Waals surface area contributed by atoms with Crippen molar-refractivity contribution in [3.05, 3.63) is 41.2 Å². The van der Waals surface area contributed by atoms with Crippen LogP contribution in [0.3, 0.4) is 0 Å². The number of thioether (sulfide) groups is 1. The van der Waals surface area contributed by atoms with E-state index in [1.165, 1.54) is 36.7 Å². The number of aryl methyl sites for hydroxylation is 2. The topological polar surface area (TPSA) is 100.0 Å². The molecule has 0 amide bonds. The summed E-state index contributed by atoms with van der Waals surface area (Å²) < 4.78 is 27.7. The zero-order valence-electron chi connectivity index (χ0n) is 17.4. The summed E-state index contributed by atoms with van der Waals surface area (Å²) in [4.78, 5) is 17.6. The number of fused-ring (bicyclic) bond motifs is 1. The van der Waals surface area contributed by atoms with Gasteiger partial charge >= 0.3 is 0 Å². The van der Waals surface area contributed by atoms with E-state index in [1.54, 1.807) is 6.07 Å². The summed E-state index contributed by atoms with van der Waals surface area (Å²) in [6, 6.07) is 7.25. The first kappa shape index (κ1) is 21.1. The molecule has 1 fully saturated rings. The molecule has 2 N–H and O–H groups in total. The average Bonchev–Trinajstić information content (AvgIpc) is 3.39. The Bertz CT molecular complexity index is 1240. The molecule has 0 spiro atoms. The van der Waals surface area contributed by atoms with E-state index in [0.717, 1.165) is 35.4 Å². The van der Waals surface area contributed by atoms with Crippen LogP contribution in [0.25, 0.3) is 11.0 Å². The first-order chi connectivity index (χ1) is 14.2. The molecule has 2 aromatic heterocycles. The predicted octanol–water partition coefficient (Wildman–Crippen LogP) is 3.82. The second kappa shape index (κ2) is 7.86. The molecule has 30 heavy (non-hydrogen) atoms. The number of hydrogen-bond donors (Lipinski definition) is 1. The summed E-state index contributed by atoms with van der Waals surface area (Å²) in [5, 5.41) is 5.96. The van der Waals surface area contributed by atoms with Crippen molar-refractivity contribution in [1.82, 2.24) is 14.1 Å². The third-order valence-corrected chi connectivity index (χ3v) is 7.38. The second-order valence-corrected chi connectivity index (χ2v) is 10.3. The van der Waals surface area contributed by atoms with Gasteiger partial charge in [0.1, 0.15) is 0 Å². The minimum Gasteiger partial charge on any atom is -0.345 e. The molecule has 1 aliphatic carbocycles. The first-order valence-electron chi connectivity index (χ1n) is 10.1. The summed E-state index contributed by atoms with van der Waals surface area (Å²) in [6.07, 6.45) is 3.26. The highest BCUT2D eigenvalue weighted by Crippen LogP contribution is 2.38. The van der Waals surface area contributed by atoms with E-state index in [2.05, 4.69) is 23.4 Å². The number of imidazole rings is 1. The van der Waals surface area contributed by atoms with Crippen molar-refractivity contribution in [2.45, 2.75) is 62.7 Å². The largest absolute Gasteiger partial charge is 0.345 e. The molecule has 0 atom stereocenters. The number of nitrogens with two attached hydrogens (primary N) is 1. The van der Waals surface area contributed by atoms with Gasteiger partial charge in [-0.2, -0.15) is 0 Å². The lowest BCUT2D eigenvalue weighted by Gasteiger charge is -2.08. The summed E-state index contributed by atoms with van der Waals surface area (Å²) in [5.41, 5.74) is 4.36. The fourth-order valence-electron chi connectivity index (χ4n) is 3.98. The van der Waals surface area contributed by atoms with Gasteiger partial charge in [0.2, 0.25) is 10.0 Å². The van der Waals surface area contributed by atoms with Crippen LogP contribution in [0.15, 0.2) is 34.3 Å². The molecule has 1 aliphatic rings. The highest BCUT2D eigenvalue weighted by atomic mass is 32.2. The lowest BCUT2D eigenvalue weighted by molar-refractivity contribution is 0.102. The molecule has 0 bridgehead atoms. The van der Waals surface area contributed by atoms with Crippen LogP contribution in [-0.2, 0) is 16.6 Å². The maximum Gasteiger partial charge on any atom is 0.238 e. The number of hydrogen-bond acceptors (Lipinski definition) is 5. The third kappa shape index (κ3) is 3.93. The van der Waals surface area contributed by atoms with E-state index in [4.69, 9.17) is 5.14 Å². The number of carbonyl (C=O) groups is 1. The molecule has 0 unspecified atom stereocenters. The number of primary sulfonamides is 1. The van der Waals surface area contributed by atoms with Crippen molar-refractivity contribution < 1.29 is 13.2 Å². The minimum absolute atomic E-state index is 0.0382. The van der Waals surface area contributed by atoms with Crippen LogP contribution < -0.4 is 5.14 Å². The van der Waals surface area contributed by atoms with Crippen LogP contribution in [-0.4, -0.2) is 34.1 Å². The highest BCUT2D eigenvalue weighted by Gasteiger charge is 2.28. The van der Waals surface area contributed by atoms with Gasteiger partial charge < -0.3 is 9.13 Å². The summed E-state index contributed by atoms with van der Waals surface area (Å²) >= 11 is 1.39. The summed E-state index contributed by atoms with van der Waals surface area (Å²) in [7, 11) is -3.79. The normalized spacial score (nSPS) is 14.5. The molecule has 3 aromatic rings.